The topological polar surface area (TPSA) is 57.5 Å². The van der Waals surface area contributed by atoms with Gasteiger partial charge in [-0.05, 0) is 38.3 Å². The quantitative estimate of drug-likeness (QED) is 0.836. The molecule has 0 aromatic heterocycles. The molecule has 0 fully saturated rings. The van der Waals surface area contributed by atoms with Crippen molar-refractivity contribution in [2.24, 2.45) is 5.41 Å². The molecule has 2 rings (SSSR count). The predicted octanol–water partition coefficient (Wildman–Crippen LogP) is 3.51. The molecular formula is C19H22O3. The molecule has 2 unspecified atom stereocenters. The summed E-state index contributed by atoms with van der Waals surface area (Å²) in [5.74, 6) is -0.924. The van der Waals surface area contributed by atoms with E-state index in [4.69, 9.17) is 0 Å². The van der Waals surface area contributed by atoms with E-state index < -0.39 is 17.0 Å². The van der Waals surface area contributed by atoms with Crippen molar-refractivity contribution in [1.82, 2.24) is 0 Å². The lowest BCUT2D eigenvalue weighted by Crippen LogP contribution is -2.27. The third kappa shape index (κ3) is 4.18. The first-order valence-electron chi connectivity index (χ1n) is 7.42. The largest absolute Gasteiger partial charge is 0.480 e. The summed E-state index contributed by atoms with van der Waals surface area (Å²) < 4.78 is 0. The molecule has 0 bridgehead atoms. The van der Waals surface area contributed by atoms with Crippen LogP contribution in [-0.4, -0.2) is 21.8 Å². The Bertz CT molecular complexity index is 623. The van der Waals surface area contributed by atoms with Gasteiger partial charge in [0.25, 0.3) is 0 Å². The van der Waals surface area contributed by atoms with Crippen molar-refractivity contribution in [3.05, 3.63) is 71.8 Å². The minimum absolute atomic E-state index is 0.729. The average Bonchev–Trinajstić information content (AvgIpc) is 2.48. The van der Waals surface area contributed by atoms with Gasteiger partial charge in [0.1, 0.15) is 5.41 Å². The van der Waals surface area contributed by atoms with Crippen molar-refractivity contribution in [2.45, 2.75) is 32.3 Å². The fourth-order valence-corrected chi connectivity index (χ4v) is 2.38. The van der Waals surface area contributed by atoms with Gasteiger partial charge in [0, 0.05) is 0 Å². The van der Waals surface area contributed by atoms with E-state index in [1.165, 1.54) is 11.6 Å². The predicted molar refractivity (Wildman–Crippen MR) is 87.5 cm³/mol. The first-order chi connectivity index (χ1) is 10.3. The van der Waals surface area contributed by atoms with Crippen molar-refractivity contribution in [3.8, 4) is 0 Å². The number of hydrogen-bond donors (Lipinski definition) is 2. The highest BCUT2D eigenvalue weighted by Crippen LogP contribution is 2.29. The van der Waals surface area contributed by atoms with Crippen LogP contribution in [-0.2, 0) is 11.2 Å². The van der Waals surface area contributed by atoms with Crippen molar-refractivity contribution in [2.75, 3.05) is 0 Å². The Balaban J connectivity index is 2.27. The summed E-state index contributed by atoms with van der Waals surface area (Å²) in [7, 11) is 0. The molecule has 3 nitrogen and oxygen atoms in total. The molecule has 0 saturated carbocycles. The van der Waals surface area contributed by atoms with Gasteiger partial charge in [-0.2, -0.15) is 0 Å². The molecule has 1 aliphatic carbocycles. The van der Waals surface area contributed by atoms with Crippen LogP contribution in [0.15, 0.2) is 66.3 Å². The van der Waals surface area contributed by atoms with Gasteiger partial charge in [-0.3, -0.25) is 4.79 Å². The summed E-state index contributed by atoms with van der Waals surface area (Å²) in [4.78, 5) is 11.6. The maximum Gasteiger partial charge on any atom is 0.317 e. The number of carboxylic acid groups (broad SMARTS) is 1. The van der Waals surface area contributed by atoms with Crippen LogP contribution in [0, 0.1) is 5.41 Å². The minimum Gasteiger partial charge on any atom is -0.480 e. The second-order valence-corrected chi connectivity index (χ2v) is 6.19. The Hall–Kier alpha value is -2.13. The highest BCUT2D eigenvalue weighted by Gasteiger charge is 2.30. The fraction of sp³-hybridized carbons (Fsp3) is 0.316. The molecule has 2 atom stereocenters. The van der Waals surface area contributed by atoms with E-state index >= 15 is 0 Å². The van der Waals surface area contributed by atoms with Gasteiger partial charge >= 0.3 is 5.97 Å². The number of benzene rings is 1. The molecule has 0 radical (unpaired) electrons. The van der Waals surface area contributed by atoms with Crippen molar-refractivity contribution in [3.63, 3.8) is 0 Å². The Morgan fingerprint density at radius 3 is 2.36 bits per heavy atom. The van der Waals surface area contributed by atoms with E-state index in [9.17, 15) is 15.0 Å². The van der Waals surface area contributed by atoms with E-state index in [2.05, 4.69) is 12.1 Å². The lowest BCUT2D eigenvalue weighted by atomic mass is 9.83. The molecule has 116 valence electrons. The van der Waals surface area contributed by atoms with Gasteiger partial charge in [0.15, 0.2) is 0 Å². The Labute approximate surface area is 131 Å². The second-order valence-electron chi connectivity index (χ2n) is 6.19. The number of aliphatic carboxylic acids is 1. The number of carbonyl (C=O) groups is 1. The molecule has 3 heteroatoms. The normalized spacial score (nSPS) is 33.1. The van der Waals surface area contributed by atoms with E-state index in [1.54, 1.807) is 32.1 Å². The molecular weight excluding hydrogens is 276 g/mol. The van der Waals surface area contributed by atoms with E-state index in [-0.39, 0.29) is 0 Å². The highest BCUT2D eigenvalue weighted by molar-refractivity contribution is 5.79. The highest BCUT2D eigenvalue weighted by atomic mass is 16.4. The van der Waals surface area contributed by atoms with Crippen molar-refractivity contribution < 1.29 is 15.0 Å². The lowest BCUT2D eigenvalue weighted by molar-refractivity contribution is -0.142. The van der Waals surface area contributed by atoms with Gasteiger partial charge in [-0.15, -0.1) is 0 Å². The third-order valence-electron chi connectivity index (χ3n) is 3.89. The molecule has 0 aliphatic heterocycles. The Morgan fingerprint density at radius 1 is 1.05 bits per heavy atom. The van der Waals surface area contributed by atoms with Gasteiger partial charge in [0.05, 0.1) is 5.60 Å². The van der Waals surface area contributed by atoms with E-state index in [0.717, 1.165) is 18.4 Å². The molecule has 0 heterocycles. The Kier molecular flexibility index (Phi) is 4.67. The third-order valence-corrected chi connectivity index (χ3v) is 3.89. The molecule has 0 saturated heterocycles. The summed E-state index contributed by atoms with van der Waals surface area (Å²) in [6.45, 7) is 3.28. The molecule has 22 heavy (non-hydrogen) atoms. The molecule has 2 N–H and O–H groups in total. The zero-order valence-electron chi connectivity index (χ0n) is 13.0. The van der Waals surface area contributed by atoms with Gasteiger partial charge in [0.2, 0.25) is 0 Å². The Morgan fingerprint density at radius 2 is 1.73 bits per heavy atom. The SMILES string of the molecule is CC1(O)/C=C\C(CCc2ccccc2)=C/C(C)(C(=O)O)/C=C\1. The zero-order chi connectivity index (χ0) is 16.2. The first-order valence-corrected chi connectivity index (χ1v) is 7.42. The van der Waals surface area contributed by atoms with Crippen LogP contribution in [0.25, 0.3) is 0 Å². The fourth-order valence-electron chi connectivity index (χ4n) is 2.38. The number of allylic oxidation sites excluding steroid dienone is 2. The maximum atomic E-state index is 11.6. The molecule has 1 aromatic carbocycles. The van der Waals surface area contributed by atoms with Crippen molar-refractivity contribution in [1.29, 1.82) is 0 Å². The van der Waals surface area contributed by atoms with Crippen LogP contribution >= 0.6 is 0 Å². The number of carboxylic acids is 1. The summed E-state index contributed by atoms with van der Waals surface area (Å²) >= 11 is 0. The summed E-state index contributed by atoms with van der Waals surface area (Å²) in [6, 6.07) is 10.1. The van der Waals surface area contributed by atoms with E-state index in [1.807, 2.05) is 24.3 Å². The standard InChI is InChI=1S/C19H22O3/c1-18(17(20)21)12-13-19(2,22)11-10-16(14-18)9-8-15-6-4-3-5-7-15/h3-7,10-14,22H,8-9H2,1-2H3,(H,20,21)/b11-10-,13-12-,16-14-. The first kappa shape index (κ1) is 16.2. The van der Waals surface area contributed by atoms with Crippen LogP contribution < -0.4 is 0 Å². The van der Waals surface area contributed by atoms with E-state index in [0.29, 0.717) is 0 Å². The molecule has 1 aliphatic rings. The molecule has 1 aromatic rings. The van der Waals surface area contributed by atoms with Crippen LogP contribution in [0.3, 0.4) is 0 Å². The lowest BCUT2D eigenvalue weighted by Gasteiger charge is -2.23. The molecule has 0 spiro atoms. The minimum atomic E-state index is -1.14. The smallest absolute Gasteiger partial charge is 0.317 e. The van der Waals surface area contributed by atoms with Crippen LogP contribution in [0.2, 0.25) is 0 Å². The number of aryl methyl sites for hydroxylation is 1. The zero-order valence-corrected chi connectivity index (χ0v) is 13.0. The van der Waals surface area contributed by atoms with Crippen molar-refractivity contribution >= 4 is 5.97 Å². The summed E-state index contributed by atoms with van der Waals surface area (Å²) in [5, 5.41) is 19.7. The average molecular weight is 298 g/mol. The number of rotatable bonds is 4. The van der Waals surface area contributed by atoms with Crippen LogP contribution in [0.1, 0.15) is 25.8 Å². The monoisotopic (exact) mass is 298 g/mol. The van der Waals surface area contributed by atoms with Gasteiger partial charge < -0.3 is 10.2 Å². The molecule has 0 amide bonds. The van der Waals surface area contributed by atoms with Gasteiger partial charge in [-0.25, -0.2) is 0 Å². The second kappa shape index (κ2) is 6.32. The van der Waals surface area contributed by atoms with Crippen LogP contribution in [0.4, 0.5) is 0 Å². The van der Waals surface area contributed by atoms with Crippen LogP contribution in [0.5, 0.6) is 0 Å². The summed E-state index contributed by atoms with van der Waals surface area (Å²) in [5.41, 5.74) is -0.124. The summed E-state index contributed by atoms with van der Waals surface area (Å²) in [6.07, 6.45) is 9.94. The van der Waals surface area contributed by atoms with Gasteiger partial charge in [-0.1, -0.05) is 60.2 Å². The number of aliphatic hydroxyl groups is 1. The number of hydrogen-bond acceptors (Lipinski definition) is 2. The maximum absolute atomic E-state index is 11.6.